The fourth-order valence-electron chi connectivity index (χ4n) is 5.20. The molecule has 3 atom stereocenters. The van der Waals surface area contributed by atoms with Gasteiger partial charge in [0.05, 0.1) is 6.33 Å². The molecule has 8 nitrogen and oxygen atoms in total. The first-order chi connectivity index (χ1) is 15.7. The molecule has 1 N–H and O–H groups in total. The molecule has 1 saturated carbocycles. The van der Waals surface area contributed by atoms with E-state index >= 15 is 0 Å². The summed E-state index contributed by atoms with van der Waals surface area (Å²) >= 11 is 0. The van der Waals surface area contributed by atoms with Crippen molar-refractivity contribution in [3.63, 3.8) is 0 Å². The minimum atomic E-state index is -3.67. The second kappa shape index (κ2) is 10.7. The summed E-state index contributed by atoms with van der Waals surface area (Å²) in [6.45, 7) is 3.50. The highest BCUT2D eigenvalue weighted by Gasteiger charge is 2.47. The van der Waals surface area contributed by atoms with Gasteiger partial charge in [0.2, 0.25) is 0 Å². The molecule has 0 bridgehead atoms. The number of rotatable bonds is 6. The predicted molar refractivity (Wildman–Crippen MR) is 130 cm³/mol. The second-order valence-electron chi connectivity index (χ2n) is 9.13. The molecular formula is C23H33ClFN5O3S. The Labute approximate surface area is 207 Å². The second-order valence-corrected chi connectivity index (χ2v) is 11.0. The van der Waals surface area contributed by atoms with E-state index < -0.39 is 21.7 Å². The Morgan fingerprint density at radius 2 is 1.88 bits per heavy atom. The standard InChI is InChI=1S/C23H32FN5O3S.ClH/c1-18(26-22(30)19-7-4-3-5-8-19)23(10-6-9-20(24)15-23)28-11-13-29(14-12-28)33(31,32)21-16-27(2)17-25-21;/h3-5,7-8,16-18,20H,6,9-15H2,1-2H3,(H,26,30);1H. The number of hydrogen-bond acceptors (Lipinski definition) is 5. The average Bonchev–Trinajstić information content (AvgIpc) is 3.26. The molecule has 0 radical (unpaired) electrons. The van der Waals surface area contributed by atoms with Gasteiger partial charge >= 0.3 is 0 Å². The predicted octanol–water partition coefficient (Wildman–Crippen LogP) is 2.62. The number of alkyl halides is 1. The number of hydrogen-bond donors (Lipinski definition) is 1. The quantitative estimate of drug-likeness (QED) is 0.641. The van der Waals surface area contributed by atoms with Crippen molar-refractivity contribution < 1.29 is 17.6 Å². The molecule has 2 aromatic rings. The van der Waals surface area contributed by atoms with Crippen LogP contribution in [0.2, 0.25) is 0 Å². The van der Waals surface area contributed by atoms with E-state index in [0.717, 1.165) is 12.8 Å². The first-order valence-corrected chi connectivity index (χ1v) is 12.9. The zero-order chi connectivity index (χ0) is 23.6. The number of carbonyl (C=O) groups excluding carboxylic acids is 1. The Balaban J connectivity index is 0.00000324. The molecule has 2 heterocycles. The van der Waals surface area contributed by atoms with Gasteiger partial charge in [-0.05, 0) is 44.7 Å². The maximum absolute atomic E-state index is 14.7. The number of nitrogens with zero attached hydrogens (tertiary/aromatic N) is 4. The van der Waals surface area contributed by atoms with E-state index in [4.69, 9.17) is 0 Å². The summed E-state index contributed by atoms with van der Waals surface area (Å²) < 4.78 is 43.7. The first-order valence-electron chi connectivity index (χ1n) is 11.5. The minimum absolute atomic E-state index is 0. The highest BCUT2D eigenvalue weighted by Crippen LogP contribution is 2.39. The third kappa shape index (κ3) is 5.30. The Kier molecular flexibility index (Phi) is 8.38. The van der Waals surface area contributed by atoms with Crippen molar-refractivity contribution in [3.8, 4) is 0 Å². The van der Waals surface area contributed by atoms with Gasteiger partial charge in [-0.3, -0.25) is 9.69 Å². The maximum Gasteiger partial charge on any atom is 0.262 e. The van der Waals surface area contributed by atoms with E-state index in [9.17, 15) is 17.6 Å². The maximum atomic E-state index is 14.7. The number of benzene rings is 1. The summed E-state index contributed by atoms with van der Waals surface area (Å²) in [5, 5.41) is 3.14. The van der Waals surface area contributed by atoms with Crippen LogP contribution in [0.25, 0.3) is 0 Å². The van der Waals surface area contributed by atoms with Crippen molar-refractivity contribution >= 4 is 28.3 Å². The Hall–Kier alpha value is -2.01. The van der Waals surface area contributed by atoms with Gasteiger partial charge in [0.1, 0.15) is 6.17 Å². The molecule has 1 amide bonds. The van der Waals surface area contributed by atoms with Crippen LogP contribution in [0.15, 0.2) is 47.9 Å². The van der Waals surface area contributed by atoms with Gasteiger partial charge in [-0.1, -0.05) is 18.2 Å². The number of halogens is 2. The number of amides is 1. The zero-order valence-corrected chi connectivity index (χ0v) is 21.2. The largest absolute Gasteiger partial charge is 0.348 e. The summed E-state index contributed by atoms with van der Waals surface area (Å²) in [5.41, 5.74) is 0.0153. The number of aromatic nitrogens is 2. The molecule has 1 saturated heterocycles. The van der Waals surface area contributed by atoms with E-state index in [-0.39, 0.29) is 29.4 Å². The van der Waals surface area contributed by atoms with E-state index in [1.54, 1.807) is 23.7 Å². The van der Waals surface area contributed by atoms with Crippen molar-refractivity contribution in [1.29, 1.82) is 0 Å². The fraction of sp³-hybridized carbons (Fsp3) is 0.565. The summed E-state index contributed by atoms with van der Waals surface area (Å²) in [4.78, 5) is 19.0. The molecule has 1 aliphatic heterocycles. The van der Waals surface area contributed by atoms with Crippen molar-refractivity contribution in [1.82, 2.24) is 24.1 Å². The van der Waals surface area contributed by atoms with Gasteiger partial charge in [0.25, 0.3) is 15.9 Å². The molecule has 3 unspecified atom stereocenters. The van der Waals surface area contributed by atoms with Crippen LogP contribution in [0, 0.1) is 0 Å². The number of sulfonamides is 1. The van der Waals surface area contributed by atoms with Crippen molar-refractivity contribution in [3.05, 3.63) is 48.4 Å². The van der Waals surface area contributed by atoms with E-state index in [1.807, 2.05) is 25.1 Å². The minimum Gasteiger partial charge on any atom is -0.348 e. The topological polar surface area (TPSA) is 87.5 Å². The number of carbonyl (C=O) groups is 1. The molecule has 0 spiro atoms. The Morgan fingerprint density at radius 3 is 2.47 bits per heavy atom. The molecule has 2 aliphatic rings. The molecule has 1 aromatic heterocycles. The third-order valence-electron chi connectivity index (χ3n) is 7.05. The van der Waals surface area contributed by atoms with Crippen LogP contribution in [0.5, 0.6) is 0 Å². The van der Waals surface area contributed by atoms with Crippen LogP contribution in [0.3, 0.4) is 0 Å². The number of aryl methyl sites for hydroxylation is 1. The molecule has 1 aliphatic carbocycles. The SMILES string of the molecule is CC(NC(=O)c1ccccc1)C1(N2CCN(S(=O)(=O)c3cn(C)cn3)CC2)CCCC(F)C1.Cl. The normalized spacial score (nSPS) is 25.3. The van der Waals surface area contributed by atoms with E-state index in [1.165, 1.54) is 16.8 Å². The molecule has 11 heteroatoms. The van der Waals surface area contributed by atoms with Crippen molar-refractivity contribution in [2.45, 2.75) is 55.4 Å². The molecule has 1 aromatic carbocycles. The van der Waals surface area contributed by atoms with E-state index in [2.05, 4.69) is 15.2 Å². The zero-order valence-electron chi connectivity index (χ0n) is 19.6. The fourth-order valence-corrected chi connectivity index (χ4v) is 6.59. The number of nitrogens with one attached hydrogen (secondary N) is 1. The molecule has 2 fully saturated rings. The smallest absolute Gasteiger partial charge is 0.262 e. The first kappa shape index (κ1) is 26.6. The third-order valence-corrected chi connectivity index (χ3v) is 8.83. The van der Waals surface area contributed by atoms with Gasteiger partial charge in [0.15, 0.2) is 5.03 Å². The summed E-state index contributed by atoms with van der Waals surface area (Å²) in [5.74, 6) is -0.181. The Morgan fingerprint density at radius 1 is 1.21 bits per heavy atom. The van der Waals surface area contributed by atoms with Crippen LogP contribution >= 0.6 is 12.4 Å². The Bertz CT molecular complexity index is 1080. The lowest BCUT2D eigenvalue weighted by Crippen LogP contribution is -2.67. The van der Waals surface area contributed by atoms with Gasteiger partial charge in [-0.25, -0.2) is 17.8 Å². The summed E-state index contributed by atoms with van der Waals surface area (Å²) in [6.07, 6.45) is 4.38. The molecule has 188 valence electrons. The van der Waals surface area contributed by atoms with Crippen molar-refractivity contribution in [2.75, 3.05) is 26.2 Å². The lowest BCUT2D eigenvalue weighted by atomic mass is 9.74. The molecular weight excluding hydrogens is 481 g/mol. The average molecular weight is 514 g/mol. The highest BCUT2D eigenvalue weighted by atomic mass is 35.5. The van der Waals surface area contributed by atoms with Crippen LogP contribution in [0.4, 0.5) is 4.39 Å². The van der Waals surface area contributed by atoms with Gasteiger partial charge in [-0.2, -0.15) is 4.31 Å². The summed E-state index contributed by atoms with van der Waals surface area (Å²) in [7, 11) is -1.94. The van der Waals surface area contributed by atoms with E-state index in [0.29, 0.717) is 44.6 Å². The number of piperazine rings is 1. The van der Waals surface area contributed by atoms with Gasteiger partial charge in [0, 0.05) is 56.6 Å². The van der Waals surface area contributed by atoms with Crippen molar-refractivity contribution in [2.24, 2.45) is 7.05 Å². The summed E-state index contributed by atoms with van der Waals surface area (Å²) in [6, 6.07) is 8.71. The van der Waals surface area contributed by atoms with Gasteiger partial charge < -0.3 is 9.88 Å². The highest BCUT2D eigenvalue weighted by molar-refractivity contribution is 7.89. The molecule has 34 heavy (non-hydrogen) atoms. The lowest BCUT2D eigenvalue weighted by Gasteiger charge is -2.53. The van der Waals surface area contributed by atoms with Crippen LogP contribution in [-0.2, 0) is 17.1 Å². The monoisotopic (exact) mass is 513 g/mol. The molecule has 4 rings (SSSR count). The van der Waals surface area contributed by atoms with Crippen LogP contribution < -0.4 is 5.32 Å². The van der Waals surface area contributed by atoms with Crippen LogP contribution in [-0.4, -0.2) is 77.0 Å². The lowest BCUT2D eigenvalue weighted by molar-refractivity contribution is -0.0206. The van der Waals surface area contributed by atoms with Gasteiger partial charge in [-0.15, -0.1) is 12.4 Å². The van der Waals surface area contributed by atoms with Crippen LogP contribution in [0.1, 0.15) is 43.0 Å². The number of imidazole rings is 1.